The third kappa shape index (κ3) is 5.61. The van der Waals surface area contributed by atoms with E-state index >= 15 is 0 Å². The number of nitrogens with zero attached hydrogens (tertiary/aromatic N) is 1. The van der Waals surface area contributed by atoms with Crippen molar-refractivity contribution in [3.8, 4) is 5.75 Å². The summed E-state index contributed by atoms with van der Waals surface area (Å²) in [6.45, 7) is 15.1. The number of anilines is 1. The van der Waals surface area contributed by atoms with E-state index in [1.807, 2.05) is 56.3 Å². The second-order valence-corrected chi connectivity index (χ2v) is 13.5. The Balaban J connectivity index is 1.56. The summed E-state index contributed by atoms with van der Waals surface area (Å²) in [7, 11) is 0. The Morgan fingerprint density at radius 2 is 1.49 bits per heavy atom. The molecular formula is C35H42N2O4. The normalized spacial score (nSPS) is 20.1. The predicted octanol–water partition coefficient (Wildman–Crippen LogP) is 7.03. The van der Waals surface area contributed by atoms with Crippen LogP contribution in [-0.2, 0) is 14.4 Å². The van der Waals surface area contributed by atoms with Gasteiger partial charge in [-0.1, -0.05) is 58.0 Å². The first-order valence-electron chi connectivity index (χ1n) is 14.7. The molecule has 2 aliphatic carbocycles. The van der Waals surface area contributed by atoms with E-state index in [0.29, 0.717) is 36.3 Å². The van der Waals surface area contributed by atoms with Crippen LogP contribution in [0.4, 0.5) is 5.69 Å². The highest BCUT2D eigenvalue weighted by Gasteiger charge is 2.49. The minimum Gasteiger partial charge on any atom is -0.483 e. The molecule has 1 aliphatic heterocycles. The van der Waals surface area contributed by atoms with Crippen molar-refractivity contribution in [3.63, 3.8) is 0 Å². The lowest BCUT2D eigenvalue weighted by Gasteiger charge is -2.49. The number of para-hydroxylation sites is 1. The van der Waals surface area contributed by atoms with Gasteiger partial charge in [0.25, 0.3) is 5.91 Å². The van der Waals surface area contributed by atoms with Crippen LogP contribution >= 0.6 is 0 Å². The number of ether oxygens (including phenoxy) is 1. The molecule has 0 spiro atoms. The van der Waals surface area contributed by atoms with Crippen molar-refractivity contribution >= 4 is 23.2 Å². The van der Waals surface area contributed by atoms with E-state index in [0.717, 1.165) is 46.6 Å². The van der Waals surface area contributed by atoms with Crippen molar-refractivity contribution < 1.29 is 19.1 Å². The van der Waals surface area contributed by atoms with Gasteiger partial charge in [-0.3, -0.25) is 14.4 Å². The molecule has 216 valence electrons. The molecule has 3 aliphatic rings. The molecule has 0 fully saturated rings. The fourth-order valence-corrected chi connectivity index (χ4v) is 6.79. The maximum absolute atomic E-state index is 13.9. The van der Waals surface area contributed by atoms with Crippen LogP contribution < -0.4 is 10.1 Å². The number of nitrogens with one attached hydrogen (secondary N) is 1. The molecule has 6 heteroatoms. The summed E-state index contributed by atoms with van der Waals surface area (Å²) in [5.41, 5.74) is 6.73. The van der Waals surface area contributed by atoms with Crippen LogP contribution in [0.1, 0.15) is 82.9 Å². The second-order valence-electron chi connectivity index (χ2n) is 13.5. The number of carbonyl (C=O) groups is 3. The molecule has 0 radical (unpaired) electrons. The summed E-state index contributed by atoms with van der Waals surface area (Å²) in [6.07, 6.45) is 2.41. The average molecular weight is 555 g/mol. The number of aryl methyl sites for hydroxylation is 2. The third-order valence-corrected chi connectivity index (χ3v) is 8.59. The molecule has 1 N–H and O–H groups in total. The highest BCUT2D eigenvalue weighted by Crippen LogP contribution is 2.55. The van der Waals surface area contributed by atoms with E-state index in [-0.39, 0.29) is 34.9 Å². The molecule has 0 aromatic heterocycles. The fraction of sp³-hybridized carbons (Fsp3) is 0.457. The summed E-state index contributed by atoms with van der Waals surface area (Å²) in [4.78, 5) is 43.0. The van der Waals surface area contributed by atoms with Gasteiger partial charge in [0.1, 0.15) is 5.75 Å². The van der Waals surface area contributed by atoms with Gasteiger partial charge < -0.3 is 15.0 Å². The first kappa shape index (κ1) is 28.8. The number of benzene rings is 2. The standard InChI is InChI=1S/C35H42N2O4/c1-8-37-25-16-34(4,5)18-27(38)32(25)31(33-26(37)17-35(6,7)19-28(33)39)23-11-9-10-12-29(23)41-20-30(40)36-24-15-21(2)13-14-22(24)3/h9-15,31H,8,16-20H2,1-7H3,(H,36,40). The van der Waals surface area contributed by atoms with Crippen LogP contribution in [-0.4, -0.2) is 35.5 Å². The highest BCUT2D eigenvalue weighted by molar-refractivity contribution is 6.07. The number of hydrogen-bond acceptors (Lipinski definition) is 5. The van der Waals surface area contributed by atoms with Crippen LogP contribution in [0.5, 0.6) is 5.75 Å². The van der Waals surface area contributed by atoms with Gasteiger partial charge in [-0.25, -0.2) is 0 Å². The molecule has 0 unspecified atom stereocenters. The molecule has 0 saturated heterocycles. The quantitative estimate of drug-likeness (QED) is 0.415. The Labute approximate surface area is 243 Å². The number of allylic oxidation sites excluding steroid dienone is 4. The van der Waals surface area contributed by atoms with Crippen molar-refractivity contribution in [2.24, 2.45) is 10.8 Å². The lowest BCUT2D eigenvalue weighted by atomic mass is 9.63. The number of rotatable bonds is 6. The Morgan fingerprint density at radius 1 is 0.902 bits per heavy atom. The Kier molecular flexibility index (Phi) is 7.47. The van der Waals surface area contributed by atoms with E-state index in [4.69, 9.17) is 4.74 Å². The molecule has 2 aromatic carbocycles. The Hall–Kier alpha value is -3.67. The van der Waals surface area contributed by atoms with Crippen LogP contribution in [0, 0.1) is 24.7 Å². The van der Waals surface area contributed by atoms with E-state index in [2.05, 4.69) is 44.8 Å². The van der Waals surface area contributed by atoms with Gasteiger partial charge in [-0.2, -0.15) is 0 Å². The molecular weight excluding hydrogens is 512 g/mol. The molecule has 1 amide bonds. The zero-order chi connectivity index (χ0) is 29.7. The summed E-state index contributed by atoms with van der Waals surface area (Å²) in [5.74, 6) is -0.0707. The molecule has 0 atom stereocenters. The zero-order valence-corrected chi connectivity index (χ0v) is 25.4. The Bertz CT molecular complexity index is 1440. The topological polar surface area (TPSA) is 75.7 Å². The number of carbonyl (C=O) groups excluding carboxylic acids is 3. The van der Waals surface area contributed by atoms with Gasteiger partial charge in [-0.15, -0.1) is 0 Å². The number of hydrogen-bond donors (Lipinski definition) is 1. The largest absolute Gasteiger partial charge is 0.483 e. The van der Waals surface area contributed by atoms with Gasteiger partial charge in [-0.05, 0) is 67.7 Å². The lowest BCUT2D eigenvalue weighted by Crippen LogP contribution is -2.44. The molecule has 5 rings (SSSR count). The monoisotopic (exact) mass is 554 g/mol. The van der Waals surface area contributed by atoms with Gasteiger partial charge in [0, 0.05) is 59.1 Å². The van der Waals surface area contributed by atoms with E-state index in [1.165, 1.54) is 0 Å². The smallest absolute Gasteiger partial charge is 0.262 e. The van der Waals surface area contributed by atoms with E-state index in [1.54, 1.807) is 0 Å². The van der Waals surface area contributed by atoms with Crippen molar-refractivity contribution in [3.05, 3.63) is 81.7 Å². The molecule has 0 bridgehead atoms. The summed E-state index contributed by atoms with van der Waals surface area (Å²) < 4.78 is 6.17. The zero-order valence-electron chi connectivity index (χ0n) is 25.4. The molecule has 2 aromatic rings. The van der Waals surface area contributed by atoms with Crippen LogP contribution in [0.25, 0.3) is 0 Å². The number of amides is 1. The van der Waals surface area contributed by atoms with Crippen molar-refractivity contribution in [1.82, 2.24) is 4.90 Å². The van der Waals surface area contributed by atoms with Gasteiger partial charge in [0.2, 0.25) is 0 Å². The average Bonchev–Trinajstić information content (AvgIpc) is 2.87. The van der Waals surface area contributed by atoms with E-state index in [9.17, 15) is 14.4 Å². The van der Waals surface area contributed by atoms with Crippen LogP contribution in [0.3, 0.4) is 0 Å². The predicted molar refractivity (Wildman–Crippen MR) is 162 cm³/mol. The second kappa shape index (κ2) is 10.6. The fourth-order valence-electron chi connectivity index (χ4n) is 6.79. The summed E-state index contributed by atoms with van der Waals surface area (Å²) in [6, 6.07) is 13.5. The molecule has 6 nitrogen and oxygen atoms in total. The third-order valence-electron chi connectivity index (χ3n) is 8.59. The number of Topliss-reactive ketones (excluding diaryl/α,β-unsaturated/α-hetero) is 2. The first-order chi connectivity index (χ1) is 19.3. The maximum Gasteiger partial charge on any atom is 0.262 e. The van der Waals surface area contributed by atoms with Crippen molar-refractivity contribution in [2.45, 2.75) is 80.1 Å². The summed E-state index contributed by atoms with van der Waals surface area (Å²) >= 11 is 0. The van der Waals surface area contributed by atoms with Gasteiger partial charge in [0.05, 0.1) is 0 Å². The Morgan fingerprint density at radius 3 is 2.07 bits per heavy atom. The summed E-state index contributed by atoms with van der Waals surface area (Å²) in [5, 5.41) is 2.96. The van der Waals surface area contributed by atoms with Crippen molar-refractivity contribution in [1.29, 1.82) is 0 Å². The minimum absolute atomic E-state index is 0.0892. The lowest BCUT2D eigenvalue weighted by molar-refractivity contribution is -0.120. The van der Waals surface area contributed by atoms with E-state index < -0.39 is 5.92 Å². The minimum atomic E-state index is -0.506. The highest BCUT2D eigenvalue weighted by atomic mass is 16.5. The van der Waals surface area contributed by atoms with Crippen molar-refractivity contribution in [2.75, 3.05) is 18.5 Å². The molecule has 0 saturated carbocycles. The first-order valence-corrected chi connectivity index (χ1v) is 14.7. The van der Waals surface area contributed by atoms with Crippen LogP contribution in [0.15, 0.2) is 65.0 Å². The molecule has 41 heavy (non-hydrogen) atoms. The molecule has 1 heterocycles. The number of ketones is 2. The van der Waals surface area contributed by atoms with Crippen LogP contribution in [0.2, 0.25) is 0 Å². The van der Waals surface area contributed by atoms with Gasteiger partial charge in [0.15, 0.2) is 18.2 Å². The van der Waals surface area contributed by atoms with Gasteiger partial charge >= 0.3 is 0 Å². The maximum atomic E-state index is 13.9. The SMILES string of the molecule is CCN1C2=C(C(=O)CC(C)(C)C2)C(c2ccccc2OCC(=O)Nc2cc(C)ccc2C)C2=C1CC(C)(C)CC2=O.